The highest BCUT2D eigenvalue weighted by Gasteiger charge is 2.11. The lowest BCUT2D eigenvalue weighted by atomic mass is 10.2. The molecule has 0 bridgehead atoms. The maximum Gasteiger partial charge on any atom is 0.239 e. The molecule has 6 nitrogen and oxygen atoms in total. The average molecular weight is 225 g/mol. The van der Waals surface area contributed by atoms with Crippen molar-refractivity contribution in [2.75, 3.05) is 13.1 Å². The first-order valence-electron chi connectivity index (χ1n) is 4.93. The predicted molar refractivity (Wildman–Crippen MR) is 57.3 cm³/mol. The first-order valence-corrected chi connectivity index (χ1v) is 4.93. The van der Waals surface area contributed by atoms with Crippen molar-refractivity contribution >= 4 is 11.8 Å². The van der Waals surface area contributed by atoms with E-state index >= 15 is 0 Å². The van der Waals surface area contributed by atoms with Gasteiger partial charge in [-0.1, -0.05) is 0 Å². The molecule has 0 fully saturated rings. The maximum atomic E-state index is 11.4. The van der Waals surface area contributed by atoms with Gasteiger partial charge in [-0.25, -0.2) is 0 Å². The summed E-state index contributed by atoms with van der Waals surface area (Å²) in [5.74, 6) is 0.0185. The molecule has 1 aromatic heterocycles. The Labute approximate surface area is 93.2 Å². The second-order valence-electron chi connectivity index (χ2n) is 3.29. The van der Waals surface area contributed by atoms with Crippen molar-refractivity contribution in [2.24, 2.45) is 5.73 Å². The lowest BCUT2D eigenvalue weighted by Gasteiger charge is -2.11. The van der Waals surface area contributed by atoms with Gasteiger partial charge in [0.25, 0.3) is 0 Å². The van der Waals surface area contributed by atoms with E-state index in [9.17, 15) is 9.59 Å². The Morgan fingerprint density at radius 3 is 2.81 bits per heavy atom. The number of rotatable bonds is 5. The van der Waals surface area contributed by atoms with Gasteiger partial charge >= 0.3 is 0 Å². The predicted octanol–water partition coefficient (Wildman–Crippen LogP) is -0.468. The second kappa shape index (κ2) is 5.92. The van der Waals surface area contributed by atoms with Gasteiger partial charge in [-0.05, 0) is 19.1 Å². The number of carbonyl (C=O) groups is 2. The normalized spacial score (nSPS) is 11.9. The molecule has 2 amide bonds. The summed E-state index contributed by atoms with van der Waals surface area (Å²) in [6.07, 6.45) is 1.54. The van der Waals surface area contributed by atoms with E-state index in [0.29, 0.717) is 5.76 Å². The van der Waals surface area contributed by atoms with E-state index in [-0.39, 0.29) is 30.9 Å². The van der Waals surface area contributed by atoms with Crippen LogP contribution in [-0.2, 0) is 9.59 Å². The summed E-state index contributed by atoms with van der Waals surface area (Å²) in [6, 6.07) is 3.29. The number of nitrogens with two attached hydrogens (primary N) is 1. The van der Waals surface area contributed by atoms with Crippen LogP contribution >= 0.6 is 0 Å². The molecule has 1 heterocycles. The summed E-state index contributed by atoms with van der Waals surface area (Å²) in [5, 5.41) is 5.05. The largest absolute Gasteiger partial charge is 0.467 e. The van der Waals surface area contributed by atoms with Gasteiger partial charge in [-0.2, -0.15) is 0 Å². The number of hydrogen-bond acceptors (Lipinski definition) is 4. The van der Waals surface area contributed by atoms with E-state index in [1.165, 1.54) is 6.26 Å². The molecular weight excluding hydrogens is 210 g/mol. The Hall–Kier alpha value is -1.82. The highest BCUT2D eigenvalue weighted by Crippen LogP contribution is 2.11. The Balaban J connectivity index is 2.32. The third kappa shape index (κ3) is 3.74. The van der Waals surface area contributed by atoms with E-state index in [0.717, 1.165) is 0 Å². The van der Waals surface area contributed by atoms with Crippen molar-refractivity contribution in [3.8, 4) is 0 Å². The van der Waals surface area contributed by atoms with Crippen molar-refractivity contribution in [3.05, 3.63) is 24.2 Å². The Kier molecular flexibility index (Phi) is 4.53. The molecular formula is C10H15N3O3. The standard InChI is InChI=1S/C10H15N3O3/c1-7(8-3-2-4-16-8)13-10(15)6-12-9(14)5-11/h2-4,7H,5-6,11H2,1H3,(H,12,14)(H,13,15)/t7-/m0/s1. The van der Waals surface area contributed by atoms with Crippen molar-refractivity contribution in [3.63, 3.8) is 0 Å². The number of furan rings is 1. The smallest absolute Gasteiger partial charge is 0.239 e. The van der Waals surface area contributed by atoms with Gasteiger partial charge < -0.3 is 20.8 Å². The number of carbonyl (C=O) groups excluding carboxylic acids is 2. The monoisotopic (exact) mass is 225 g/mol. The molecule has 1 rings (SSSR count). The van der Waals surface area contributed by atoms with Crippen LogP contribution in [0.25, 0.3) is 0 Å². The fourth-order valence-electron chi connectivity index (χ4n) is 1.15. The summed E-state index contributed by atoms with van der Waals surface area (Å²) < 4.78 is 5.12. The van der Waals surface area contributed by atoms with Gasteiger partial charge in [0.15, 0.2) is 0 Å². The first kappa shape index (κ1) is 12.3. The van der Waals surface area contributed by atoms with E-state index in [2.05, 4.69) is 10.6 Å². The third-order valence-electron chi connectivity index (χ3n) is 1.98. The zero-order valence-electron chi connectivity index (χ0n) is 9.03. The molecule has 0 saturated carbocycles. The van der Waals surface area contributed by atoms with Crippen LogP contribution in [0.2, 0.25) is 0 Å². The molecule has 0 saturated heterocycles. The van der Waals surface area contributed by atoms with Gasteiger partial charge in [0.2, 0.25) is 11.8 Å². The summed E-state index contributed by atoms with van der Waals surface area (Å²) in [6.45, 7) is 1.59. The van der Waals surface area contributed by atoms with Crippen LogP contribution in [0.3, 0.4) is 0 Å². The van der Waals surface area contributed by atoms with Crippen LogP contribution < -0.4 is 16.4 Å². The van der Waals surface area contributed by atoms with Crippen LogP contribution in [-0.4, -0.2) is 24.9 Å². The molecule has 88 valence electrons. The van der Waals surface area contributed by atoms with Crippen molar-refractivity contribution < 1.29 is 14.0 Å². The molecule has 16 heavy (non-hydrogen) atoms. The van der Waals surface area contributed by atoms with Crippen LogP contribution in [0.1, 0.15) is 18.7 Å². The van der Waals surface area contributed by atoms with Gasteiger partial charge in [0.05, 0.1) is 25.4 Å². The molecule has 1 atom stereocenters. The molecule has 0 spiro atoms. The summed E-state index contributed by atoms with van der Waals surface area (Å²) in [4.78, 5) is 22.2. The number of hydrogen-bond donors (Lipinski definition) is 3. The molecule has 0 aliphatic rings. The quantitative estimate of drug-likeness (QED) is 0.631. The van der Waals surface area contributed by atoms with E-state index in [1.54, 1.807) is 19.1 Å². The summed E-state index contributed by atoms with van der Waals surface area (Å²) in [7, 11) is 0. The fraction of sp³-hybridized carbons (Fsp3) is 0.400. The van der Waals surface area contributed by atoms with E-state index in [4.69, 9.17) is 10.2 Å². The fourth-order valence-corrected chi connectivity index (χ4v) is 1.15. The molecule has 6 heteroatoms. The second-order valence-corrected chi connectivity index (χ2v) is 3.29. The molecule has 0 unspecified atom stereocenters. The molecule has 4 N–H and O–H groups in total. The van der Waals surface area contributed by atoms with Gasteiger partial charge in [-0.15, -0.1) is 0 Å². The van der Waals surface area contributed by atoms with Crippen molar-refractivity contribution in [1.29, 1.82) is 0 Å². The molecule has 0 radical (unpaired) electrons. The minimum Gasteiger partial charge on any atom is -0.467 e. The van der Waals surface area contributed by atoms with Gasteiger partial charge in [-0.3, -0.25) is 9.59 Å². The highest BCUT2D eigenvalue weighted by molar-refractivity contribution is 5.85. The Morgan fingerprint density at radius 1 is 1.50 bits per heavy atom. The summed E-state index contributed by atoms with van der Waals surface area (Å²) in [5.41, 5.74) is 5.08. The SMILES string of the molecule is C[C@H](NC(=O)CNC(=O)CN)c1ccco1. The van der Waals surface area contributed by atoms with Crippen LogP contribution in [0.5, 0.6) is 0 Å². The average Bonchev–Trinajstić information content (AvgIpc) is 2.79. The number of amides is 2. The zero-order chi connectivity index (χ0) is 12.0. The minimum absolute atomic E-state index is 0.0823. The number of nitrogens with one attached hydrogen (secondary N) is 2. The lowest BCUT2D eigenvalue weighted by Crippen LogP contribution is -2.40. The van der Waals surface area contributed by atoms with Crippen molar-refractivity contribution in [1.82, 2.24) is 10.6 Å². The molecule has 1 aromatic rings. The summed E-state index contributed by atoms with van der Waals surface area (Å²) >= 11 is 0. The Bertz CT molecular complexity index is 348. The topological polar surface area (TPSA) is 97.4 Å². The molecule has 0 aliphatic heterocycles. The molecule has 0 aliphatic carbocycles. The van der Waals surface area contributed by atoms with Crippen LogP contribution in [0.4, 0.5) is 0 Å². The Morgan fingerprint density at radius 2 is 2.25 bits per heavy atom. The van der Waals surface area contributed by atoms with Crippen molar-refractivity contribution in [2.45, 2.75) is 13.0 Å². The van der Waals surface area contributed by atoms with Gasteiger partial charge in [0, 0.05) is 0 Å². The first-order chi connectivity index (χ1) is 7.63. The van der Waals surface area contributed by atoms with Crippen LogP contribution in [0, 0.1) is 0 Å². The van der Waals surface area contributed by atoms with E-state index < -0.39 is 0 Å². The third-order valence-corrected chi connectivity index (χ3v) is 1.98. The van der Waals surface area contributed by atoms with E-state index in [1.807, 2.05) is 0 Å². The minimum atomic E-state index is -0.360. The van der Waals surface area contributed by atoms with Gasteiger partial charge in [0.1, 0.15) is 5.76 Å². The molecule has 0 aromatic carbocycles. The van der Waals surface area contributed by atoms with Crippen LogP contribution in [0.15, 0.2) is 22.8 Å². The lowest BCUT2D eigenvalue weighted by molar-refractivity contribution is -0.125. The maximum absolute atomic E-state index is 11.4. The highest BCUT2D eigenvalue weighted by atomic mass is 16.3. The zero-order valence-corrected chi connectivity index (χ0v) is 9.03.